The molecular weight excluding hydrogens is 413 g/mol. The number of hydrogen-bond donors (Lipinski definition) is 1. The number of nitrogens with one attached hydrogen (secondary N) is 1. The van der Waals surface area contributed by atoms with Crippen LogP contribution in [-0.4, -0.2) is 33.3 Å². The Labute approximate surface area is 175 Å². The highest BCUT2D eigenvalue weighted by atomic mass is 32.1. The zero-order valence-corrected chi connectivity index (χ0v) is 16.7. The molecule has 1 aromatic carbocycles. The Bertz CT molecular complexity index is 1080. The molecular formula is C21H19F3N4OS. The summed E-state index contributed by atoms with van der Waals surface area (Å²) in [5.41, 5.74) is 2.45. The summed E-state index contributed by atoms with van der Waals surface area (Å²) in [5, 5.41) is 8.96. The second-order valence-corrected chi connectivity index (χ2v) is 8.58. The van der Waals surface area contributed by atoms with Crippen LogP contribution in [0.5, 0.6) is 0 Å². The highest BCUT2D eigenvalue weighted by molar-refractivity contribution is 7.10. The molecule has 0 saturated carbocycles. The standard InChI is InChI=1S/C21H19F3N4OS/c22-21(23,24)18-10-16(17-6-3-9-30-17)26-19-15(11-25-28(18)19)20(29)27-8-7-13-4-1-2-5-14(13)12-27/h1-6,9,11,16,18,26H,7-8,10,12H2/t16-,18+/m1/s1. The fourth-order valence-corrected chi connectivity index (χ4v) is 5.03. The molecule has 0 saturated heterocycles. The molecule has 9 heteroatoms. The molecule has 0 spiro atoms. The van der Waals surface area contributed by atoms with Gasteiger partial charge in [0.2, 0.25) is 0 Å². The van der Waals surface area contributed by atoms with E-state index in [4.69, 9.17) is 0 Å². The van der Waals surface area contributed by atoms with E-state index >= 15 is 0 Å². The summed E-state index contributed by atoms with van der Waals surface area (Å²) in [6.07, 6.45) is -2.63. The number of nitrogens with zero attached hydrogens (tertiary/aromatic N) is 3. The van der Waals surface area contributed by atoms with Gasteiger partial charge in [0.05, 0.1) is 12.2 Å². The fourth-order valence-electron chi connectivity index (χ4n) is 4.23. The molecule has 0 fully saturated rings. The normalized spacial score (nSPS) is 21.0. The van der Waals surface area contributed by atoms with E-state index in [9.17, 15) is 18.0 Å². The molecule has 5 rings (SSSR count). The summed E-state index contributed by atoms with van der Waals surface area (Å²) in [5.74, 6) is -0.156. The first-order valence-electron chi connectivity index (χ1n) is 9.72. The second-order valence-electron chi connectivity index (χ2n) is 7.60. The van der Waals surface area contributed by atoms with Crippen molar-refractivity contribution < 1.29 is 18.0 Å². The summed E-state index contributed by atoms with van der Waals surface area (Å²) >= 11 is 1.40. The van der Waals surface area contributed by atoms with Crippen molar-refractivity contribution in [2.45, 2.75) is 37.6 Å². The van der Waals surface area contributed by atoms with Crippen molar-refractivity contribution in [3.63, 3.8) is 0 Å². The molecule has 2 aliphatic rings. The topological polar surface area (TPSA) is 50.2 Å². The lowest BCUT2D eigenvalue weighted by molar-refractivity contribution is -0.173. The van der Waals surface area contributed by atoms with Gasteiger partial charge in [-0.05, 0) is 29.0 Å². The van der Waals surface area contributed by atoms with Gasteiger partial charge in [-0.2, -0.15) is 18.3 Å². The first kappa shape index (κ1) is 19.2. The van der Waals surface area contributed by atoms with Gasteiger partial charge in [-0.25, -0.2) is 4.68 Å². The molecule has 0 radical (unpaired) electrons. The van der Waals surface area contributed by atoms with Crippen molar-refractivity contribution in [2.24, 2.45) is 0 Å². The minimum absolute atomic E-state index is 0.144. The number of fused-ring (bicyclic) bond motifs is 2. The van der Waals surface area contributed by atoms with Crippen molar-refractivity contribution in [1.29, 1.82) is 0 Å². The largest absolute Gasteiger partial charge is 0.410 e. The molecule has 0 bridgehead atoms. The lowest BCUT2D eigenvalue weighted by Crippen LogP contribution is -2.38. The maximum Gasteiger partial charge on any atom is 0.410 e. The molecule has 2 aliphatic heterocycles. The van der Waals surface area contributed by atoms with Crippen LogP contribution in [0, 0.1) is 0 Å². The van der Waals surface area contributed by atoms with E-state index in [2.05, 4.69) is 10.4 Å². The number of thiophene rings is 1. The summed E-state index contributed by atoms with van der Waals surface area (Å²) < 4.78 is 42.3. The van der Waals surface area contributed by atoms with Crippen LogP contribution in [0.15, 0.2) is 48.0 Å². The van der Waals surface area contributed by atoms with E-state index in [1.165, 1.54) is 23.1 Å². The number of alkyl halides is 3. The van der Waals surface area contributed by atoms with E-state index < -0.39 is 18.3 Å². The van der Waals surface area contributed by atoms with Crippen molar-refractivity contribution in [3.8, 4) is 0 Å². The number of amides is 1. The third-order valence-corrected chi connectivity index (χ3v) is 6.76. The summed E-state index contributed by atoms with van der Waals surface area (Å²) in [7, 11) is 0. The highest BCUT2D eigenvalue weighted by Crippen LogP contribution is 2.45. The van der Waals surface area contributed by atoms with Crippen LogP contribution >= 0.6 is 11.3 Å². The van der Waals surface area contributed by atoms with Crippen molar-refractivity contribution in [3.05, 3.63) is 69.5 Å². The smallest absolute Gasteiger partial charge is 0.362 e. The van der Waals surface area contributed by atoms with Crippen LogP contribution in [-0.2, 0) is 13.0 Å². The Hall–Kier alpha value is -2.81. The highest BCUT2D eigenvalue weighted by Gasteiger charge is 2.47. The Morgan fingerprint density at radius 2 is 1.97 bits per heavy atom. The molecule has 1 N–H and O–H groups in total. The number of carbonyl (C=O) groups excluding carboxylic acids is 1. The van der Waals surface area contributed by atoms with Crippen molar-refractivity contribution >= 4 is 23.1 Å². The Kier molecular flexibility index (Phi) is 4.57. The first-order chi connectivity index (χ1) is 14.4. The van der Waals surface area contributed by atoms with Gasteiger partial charge >= 0.3 is 6.18 Å². The van der Waals surface area contributed by atoms with Gasteiger partial charge in [0.1, 0.15) is 11.4 Å². The van der Waals surface area contributed by atoms with Crippen LogP contribution in [0.3, 0.4) is 0 Å². The van der Waals surface area contributed by atoms with Crippen LogP contribution in [0.2, 0.25) is 0 Å². The number of anilines is 1. The zero-order chi connectivity index (χ0) is 20.9. The van der Waals surface area contributed by atoms with E-state index in [0.29, 0.717) is 13.1 Å². The van der Waals surface area contributed by atoms with Gasteiger partial charge in [0.25, 0.3) is 5.91 Å². The summed E-state index contributed by atoms with van der Waals surface area (Å²) in [4.78, 5) is 15.7. The number of hydrogen-bond acceptors (Lipinski definition) is 4. The second kappa shape index (κ2) is 7.16. The molecule has 1 amide bonds. The van der Waals surface area contributed by atoms with Crippen molar-refractivity contribution in [1.82, 2.24) is 14.7 Å². The lowest BCUT2D eigenvalue weighted by Gasteiger charge is -2.34. The zero-order valence-electron chi connectivity index (χ0n) is 15.9. The number of halogens is 3. The quantitative estimate of drug-likeness (QED) is 0.633. The van der Waals surface area contributed by atoms with Gasteiger partial charge in [-0.1, -0.05) is 30.3 Å². The number of carbonyl (C=O) groups is 1. The monoisotopic (exact) mass is 432 g/mol. The van der Waals surface area contributed by atoms with Gasteiger partial charge in [-0.3, -0.25) is 4.79 Å². The average molecular weight is 432 g/mol. The summed E-state index contributed by atoms with van der Waals surface area (Å²) in [6, 6.07) is 9.25. The molecule has 2 atom stereocenters. The molecule has 0 aliphatic carbocycles. The predicted octanol–water partition coefficient (Wildman–Crippen LogP) is 4.80. The molecule has 4 heterocycles. The lowest BCUT2D eigenvalue weighted by atomic mass is 9.99. The van der Waals surface area contributed by atoms with Gasteiger partial charge in [-0.15, -0.1) is 11.3 Å². The predicted molar refractivity (Wildman–Crippen MR) is 108 cm³/mol. The number of aromatic nitrogens is 2. The van der Waals surface area contributed by atoms with Crippen LogP contribution in [0.4, 0.5) is 19.0 Å². The Balaban J connectivity index is 1.48. The number of rotatable bonds is 2. The maximum absolute atomic E-state index is 13.8. The van der Waals surface area contributed by atoms with Gasteiger partial charge in [0, 0.05) is 24.4 Å². The van der Waals surface area contributed by atoms with Crippen LogP contribution in [0.1, 0.15) is 44.9 Å². The minimum Gasteiger partial charge on any atom is -0.362 e. The molecule has 2 aromatic heterocycles. The third-order valence-electron chi connectivity index (χ3n) is 5.77. The maximum atomic E-state index is 13.8. The van der Waals surface area contributed by atoms with Gasteiger partial charge < -0.3 is 10.2 Å². The number of benzene rings is 1. The fraction of sp³-hybridized carbons (Fsp3) is 0.333. The van der Waals surface area contributed by atoms with E-state index in [1.807, 2.05) is 41.8 Å². The Morgan fingerprint density at radius 3 is 2.70 bits per heavy atom. The van der Waals surface area contributed by atoms with Gasteiger partial charge in [0.15, 0.2) is 6.04 Å². The molecule has 3 aromatic rings. The summed E-state index contributed by atoms with van der Waals surface area (Å²) in [6.45, 7) is 0.966. The minimum atomic E-state index is -4.46. The van der Waals surface area contributed by atoms with Crippen LogP contribution in [0.25, 0.3) is 0 Å². The first-order valence-corrected chi connectivity index (χ1v) is 10.6. The third kappa shape index (κ3) is 3.27. The SMILES string of the molecule is O=C(c1cnn2c1N[C@@H](c1cccs1)C[C@H]2C(F)(F)F)N1CCc2ccccc2C1. The van der Waals surface area contributed by atoms with Crippen molar-refractivity contribution in [2.75, 3.05) is 11.9 Å². The van der Waals surface area contributed by atoms with E-state index in [0.717, 1.165) is 21.5 Å². The average Bonchev–Trinajstić information content (AvgIpc) is 3.41. The molecule has 30 heavy (non-hydrogen) atoms. The Morgan fingerprint density at radius 1 is 1.17 bits per heavy atom. The van der Waals surface area contributed by atoms with E-state index in [1.54, 1.807) is 4.90 Å². The van der Waals surface area contributed by atoms with E-state index in [-0.39, 0.29) is 23.7 Å². The van der Waals surface area contributed by atoms with Crippen LogP contribution < -0.4 is 5.32 Å². The molecule has 5 nitrogen and oxygen atoms in total. The molecule has 0 unspecified atom stereocenters. The molecule has 156 valence electrons.